The molecule has 2 N–H and O–H groups in total. The van der Waals surface area contributed by atoms with Gasteiger partial charge in [0.15, 0.2) is 0 Å². The normalized spacial score (nSPS) is 14.7. The van der Waals surface area contributed by atoms with Gasteiger partial charge in [0.25, 0.3) is 0 Å². The molecule has 0 spiro atoms. The van der Waals surface area contributed by atoms with Gasteiger partial charge < -0.3 is 10.4 Å². The van der Waals surface area contributed by atoms with E-state index in [-0.39, 0.29) is 12.1 Å². The zero-order valence-electron chi connectivity index (χ0n) is 9.78. The number of anilines is 1. The van der Waals surface area contributed by atoms with Crippen LogP contribution in [0.25, 0.3) is 0 Å². The highest BCUT2D eigenvalue weighted by Crippen LogP contribution is 2.09. The average molecular weight is 209 g/mol. The molecule has 84 valence electrons. The molecule has 2 atom stereocenters. The van der Waals surface area contributed by atoms with Crippen LogP contribution in [0.2, 0.25) is 0 Å². The first-order valence-corrected chi connectivity index (χ1v) is 5.24. The molecule has 1 heterocycles. The lowest BCUT2D eigenvalue weighted by atomic mass is 10.1. The molecule has 15 heavy (non-hydrogen) atoms. The van der Waals surface area contributed by atoms with Crippen LogP contribution in [0.1, 0.15) is 31.8 Å². The molecule has 1 rings (SSSR count). The lowest BCUT2D eigenvalue weighted by Gasteiger charge is -2.16. The Labute approximate surface area is 90.8 Å². The molecule has 0 fully saturated rings. The summed E-state index contributed by atoms with van der Waals surface area (Å²) in [6.45, 7) is 7.63. The summed E-state index contributed by atoms with van der Waals surface area (Å²) in [5, 5.41) is 12.5. The Bertz CT molecular complexity index is 305. The van der Waals surface area contributed by atoms with Gasteiger partial charge in [0.05, 0.1) is 6.10 Å². The molecule has 1 aromatic heterocycles. The van der Waals surface area contributed by atoms with Gasteiger partial charge >= 0.3 is 0 Å². The van der Waals surface area contributed by atoms with Crippen LogP contribution in [0.4, 0.5) is 5.82 Å². The van der Waals surface area contributed by atoms with E-state index in [1.807, 2.05) is 26.8 Å². The largest absolute Gasteiger partial charge is 0.393 e. The van der Waals surface area contributed by atoms with E-state index in [1.165, 1.54) is 0 Å². The topological polar surface area (TPSA) is 58.0 Å². The lowest BCUT2D eigenvalue weighted by Crippen LogP contribution is -2.21. The molecule has 0 aromatic carbocycles. The van der Waals surface area contributed by atoms with Crippen LogP contribution >= 0.6 is 0 Å². The van der Waals surface area contributed by atoms with Crippen LogP contribution in [0.3, 0.4) is 0 Å². The number of rotatable bonds is 4. The summed E-state index contributed by atoms with van der Waals surface area (Å²) in [5.41, 5.74) is 0.953. The van der Waals surface area contributed by atoms with E-state index >= 15 is 0 Å². The standard InChI is InChI=1S/C11H19N3O/c1-7(5-9(3)15)13-11-6-8(2)12-10(4)14-11/h6-7,9,15H,5H2,1-4H3,(H,12,13,14). The van der Waals surface area contributed by atoms with E-state index in [1.54, 1.807) is 6.92 Å². The summed E-state index contributed by atoms with van der Waals surface area (Å²) in [7, 11) is 0. The van der Waals surface area contributed by atoms with Gasteiger partial charge in [-0.1, -0.05) is 0 Å². The fraction of sp³-hybridized carbons (Fsp3) is 0.636. The number of hydrogen-bond acceptors (Lipinski definition) is 4. The Morgan fingerprint density at radius 1 is 1.33 bits per heavy atom. The first-order chi connectivity index (χ1) is 6.97. The van der Waals surface area contributed by atoms with E-state index in [2.05, 4.69) is 15.3 Å². The average Bonchev–Trinajstić information content (AvgIpc) is 1.98. The van der Waals surface area contributed by atoms with Crippen molar-refractivity contribution in [1.82, 2.24) is 9.97 Å². The van der Waals surface area contributed by atoms with Gasteiger partial charge in [-0.15, -0.1) is 0 Å². The van der Waals surface area contributed by atoms with Gasteiger partial charge in [0, 0.05) is 17.8 Å². The Hall–Kier alpha value is -1.16. The Kier molecular flexibility index (Phi) is 4.03. The number of nitrogens with one attached hydrogen (secondary N) is 1. The number of aromatic nitrogens is 2. The van der Waals surface area contributed by atoms with E-state index in [0.29, 0.717) is 6.42 Å². The van der Waals surface area contributed by atoms with Crippen LogP contribution in [-0.4, -0.2) is 27.2 Å². The number of aliphatic hydroxyl groups is 1. The summed E-state index contributed by atoms with van der Waals surface area (Å²) in [6.07, 6.45) is 0.416. The first-order valence-electron chi connectivity index (χ1n) is 5.24. The predicted octanol–water partition coefficient (Wildman–Crippen LogP) is 1.66. The third-order valence-corrected chi connectivity index (χ3v) is 2.05. The van der Waals surface area contributed by atoms with Crippen molar-refractivity contribution >= 4 is 5.82 Å². The van der Waals surface area contributed by atoms with Gasteiger partial charge in [-0.05, 0) is 34.1 Å². The fourth-order valence-corrected chi connectivity index (χ4v) is 1.61. The predicted molar refractivity (Wildman–Crippen MR) is 60.9 cm³/mol. The molecule has 0 saturated carbocycles. The molecule has 0 aliphatic heterocycles. The van der Waals surface area contributed by atoms with Gasteiger partial charge in [0.1, 0.15) is 11.6 Å². The second kappa shape index (κ2) is 5.07. The quantitative estimate of drug-likeness (QED) is 0.792. The number of aliphatic hydroxyl groups excluding tert-OH is 1. The lowest BCUT2D eigenvalue weighted by molar-refractivity contribution is 0.179. The van der Waals surface area contributed by atoms with Crippen molar-refractivity contribution in [1.29, 1.82) is 0 Å². The minimum atomic E-state index is -0.295. The zero-order valence-corrected chi connectivity index (χ0v) is 9.78. The first kappa shape index (κ1) is 11.9. The van der Waals surface area contributed by atoms with E-state index in [9.17, 15) is 5.11 Å². The third-order valence-electron chi connectivity index (χ3n) is 2.05. The maximum atomic E-state index is 9.24. The molecule has 4 nitrogen and oxygen atoms in total. The number of hydrogen-bond donors (Lipinski definition) is 2. The molecule has 2 unspecified atom stereocenters. The number of aryl methyl sites for hydroxylation is 2. The van der Waals surface area contributed by atoms with Gasteiger partial charge in [-0.25, -0.2) is 9.97 Å². The molecular weight excluding hydrogens is 190 g/mol. The van der Waals surface area contributed by atoms with Gasteiger partial charge in [0.2, 0.25) is 0 Å². The maximum Gasteiger partial charge on any atom is 0.130 e. The highest BCUT2D eigenvalue weighted by molar-refractivity contribution is 5.36. The molecule has 1 aromatic rings. The summed E-state index contributed by atoms with van der Waals surface area (Å²) >= 11 is 0. The number of nitrogens with zero attached hydrogens (tertiary/aromatic N) is 2. The van der Waals surface area contributed by atoms with Crippen LogP contribution in [0.15, 0.2) is 6.07 Å². The van der Waals surface area contributed by atoms with Crippen LogP contribution in [-0.2, 0) is 0 Å². The Morgan fingerprint density at radius 3 is 2.53 bits per heavy atom. The van der Waals surface area contributed by atoms with Gasteiger partial charge in [-0.3, -0.25) is 0 Å². The van der Waals surface area contributed by atoms with Crippen molar-refractivity contribution in [3.8, 4) is 0 Å². The summed E-state index contributed by atoms with van der Waals surface area (Å²) in [6, 6.07) is 2.12. The molecular formula is C11H19N3O. The third kappa shape index (κ3) is 4.25. The maximum absolute atomic E-state index is 9.24. The van der Waals surface area contributed by atoms with Crippen molar-refractivity contribution in [2.45, 2.75) is 46.3 Å². The SMILES string of the molecule is Cc1cc(NC(C)CC(C)O)nc(C)n1. The van der Waals surface area contributed by atoms with E-state index < -0.39 is 0 Å². The second-order valence-corrected chi connectivity index (χ2v) is 4.07. The van der Waals surface area contributed by atoms with Crippen LogP contribution in [0.5, 0.6) is 0 Å². The highest BCUT2D eigenvalue weighted by Gasteiger charge is 2.07. The van der Waals surface area contributed by atoms with Gasteiger partial charge in [-0.2, -0.15) is 0 Å². The molecule has 0 aliphatic carbocycles. The fourth-order valence-electron chi connectivity index (χ4n) is 1.61. The molecule has 0 amide bonds. The Balaban J connectivity index is 2.63. The second-order valence-electron chi connectivity index (χ2n) is 4.07. The summed E-state index contributed by atoms with van der Waals surface area (Å²) in [4.78, 5) is 8.48. The van der Waals surface area contributed by atoms with E-state index in [4.69, 9.17) is 0 Å². The van der Waals surface area contributed by atoms with Crippen molar-refractivity contribution < 1.29 is 5.11 Å². The van der Waals surface area contributed by atoms with Crippen molar-refractivity contribution in [3.05, 3.63) is 17.6 Å². The van der Waals surface area contributed by atoms with E-state index in [0.717, 1.165) is 17.3 Å². The molecule has 4 heteroatoms. The van der Waals surface area contributed by atoms with Crippen LogP contribution in [0, 0.1) is 13.8 Å². The van der Waals surface area contributed by atoms with Crippen molar-refractivity contribution in [2.24, 2.45) is 0 Å². The monoisotopic (exact) mass is 209 g/mol. The molecule has 0 bridgehead atoms. The smallest absolute Gasteiger partial charge is 0.130 e. The molecule has 0 radical (unpaired) electrons. The minimum Gasteiger partial charge on any atom is -0.393 e. The van der Waals surface area contributed by atoms with Crippen LogP contribution < -0.4 is 5.32 Å². The molecule has 0 aliphatic rings. The Morgan fingerprint density at radius 2 is 2.00 bits per heavy atom. The highest BCUT2D eigenvalue weighted by atomic mass is 16.3. The minimum absolute atomic E-state index is 0.207. The van der Waals surface area contributed by atoms with Crippen molar-refractivity contribution in [3.63, 3.8) is 0 Å². The summed E-state index contributed by atoms with van der Waals surface area (Å²) < 4.78 is 0. The zero-order chi connectivity index (χ0) is 11.4. The molecule has 0 saturated heterocycles. The summed E-state index contributed by atoms with van der Waals surface area (Å²) in [5.74, 6) is 1.59. The van der Waals surface area contributed by atoms with Crippen molar-refractivity contribution in [2.75, 3.05) is 5.32 Å².